The molecule has 0 radical (unpaired) electrons. The Balaban J connectivity index is 1.93. The minimum absolute atomic E-state index is 0.398. The standard InChI is InChI=1S/C13H19BrN2O/c14-12-4-1-3-11(9-12)13(17)10-16-7-2-5-15-6-8-16/h1,3-4,9,13,15,17H,2,5-8,10H2. The number of rotatable bonds is 3. The molecule has 0 aliphatic carbocycles. The molecular formula is C13H19BrN2O. The molecule has 0 amide bonds. The zero-order valence-corrected chi connectivity index (χ0v) is 11.5. The second-order valence-electron chi connectivity index (χ2n) is 4.47. The maximum absolute atomic E-state index is 10.2. The quantitative estimate of drug-likeness (QED) is 0.893. The maximum Gasteiger partial charge on any atom is 0.0917 e. The monoisotopic (exact) mass is 298 g/mol. The number of hydrogen-bond donors (Lipinski definition) is 2. The first kappa shape index (κ1) is 13.0. The van der Waals surface area contributed by atoms with Gasteiger partial charge in [-0.15, -0.1) is 0 Å². The summed E-state index contributed by atoms with van der Waals surface area (Å²) in [5.41, 5.74) is 0.983. The van der Waals surface area contributed by atoms with Gasteiger partial charge in [-0.25, -0.2) is 0 Å². The van der Waals surface area contributed by atoms with Gasteiger partial charge in [0.1, 0.15) is 0 Å². The van der Waals surface area contributed by atoms with Gasteiger partial charge in [0.25, 0.3) is 0 Å². The first-order chi connectivity index (χ1) is 8.25. The van der Waals surface area contributed by atoms with Crippen molar-refractivity contribution in [2.24, 2.45) is 0 Å². The largest absolute Gasteiger partial charge is 0.387 e. The molecule has 1 unspecified atom stereocenters. The molecule has 3 nitrogen and oxygen atoms in total. The zero-order valence-electron chi connectivity index (χ0n) is 9.90. The van der Waals surface area contributed by atoms with E-state index in [0.717, 1.165) is 49.2 Å². The van der Waals surface area contributed by atoms with Crippen molar-refractivity contribution in [1.82, 2.24) is 10.2 Å². The van der Waals surface area contributed by atoms with E-state index in [9.17, 15) is 5.11 Å². The van der Waals surface area contributed by atoms with Crippen LogP contribution in [-0.2, 0) is 0 Å². The van der Waals surface area contributed by atoms with Crippen LogP contribution in [0.2, 0.25) is 0 Å². The summed E-state index contributed by atoms with van der Waals surface area (Å²) in [4.78, 5) is 2.32. The lowest BCUT2D eigenvalue weighted by Crippen LogP contribution is -2.32. The fourth-order valence-corrected chi connectivity index (χ4v) is 2.56. The van der Waals surface area contributed by atoms with Gasteiger partial charge in [-0.1, -0.05) is 28.1 Å². The van der Waals surface area contributed by atoms with Crippen LogP contribution >= 0.6 is 15.9 Å². The number of nitrogens with zero attached hydrogens (tertiary/aromatic N) is 1. The van der Waals surface area contributed by atoms with E-state index in [0.29, 0.717) is 0 Å². The summed E-state index contributed by atoms with van der Waals surface area (Å²) in [6.45, 7) is 4.91. The number of aliphatic hydroxyl groups excluding tert-OH is 1. The smallest absolute Gasteiger partial charge is 0.0917 e. The Hall–Kier alpha value is -0.420. The second kappa shape index (κ2) is 6.50. The van der Waals surface area contributed by atoms with E-state index in [1.54, 1.807) is 0 Å². The van der Waals surface area contributed by atoms with Crippen LogP contribution in [-0.4, -0.2) is 42.7 Å². The van der Waals surface area contributed by atoms with Crippen LogP contribution in [0.25, 0.3) is 0 Å². The maximum atomic E-state index is 10.2. The van der Waals surface area contributed by atoms with Gasteiger partial charge in [-0.05, 0) is 37.2 Å². The van der Waals surface area contributed by atoms with Gasteiger partial charge >= 0.3 is 0 Å². The van der Waals surface area contributed by atoms with Crippen LogP contribution < -0.4 is 5.32 Å². The number of hydrogen-bond acceptors (Lipinski definition) is 3. The summed E-state index contributed by atoms with van der Waals surface area (Å²) in [5.74, 6) is 0. The first-order valence-corrected chi connectivity index (χ1v) is 6.91. The minimum Gasteiger partial charge on any atom is -0.387 e. The highest BCUT2D eigenvalue weighted by Crippen LogP contribution is 2.19. The molecule has 1 heterocycles. The van der Waals surface area contributed by atoms with E-state index in [2.05, 4.69) is 26.1 Å². The van der Waals surface area contributed by atoms with E-state index in [4.69, 9.17) is 0 Å². The molecule has 94 valence electrons. The van der Waals surface area contributed by atoms with Gasteiger partial charge in [0.2, 0.25) is 0 Å². The Morgan fingerprint density at radius 2 is 2.24 bits per heavy atom. The van der Waals surface area contributed by atoms with Crippen LogP contribution in [0.4, 0.5) is 0 Å². The fraction of sp³-hybridized carbons (Fsp3) is 0.538. The van der Waals surface area contributed by atoms with Gasteiger partial charge in [0.05, 0.1) is 6.10 Å². The van der Waals surface area contributed by atoms with E-state index in [1.807, 2.05) is 24.3 Å². The van der Waals surface area contributed by atoms with Crippen molar-refractivity contribution in [2.75, 3.05) is 32.7 Å². The number of halogens is 1. The van der Waals surface area contributed by atoms with Crippen LogP contribution in [0, 0.1) is 0 Å². The second-order valence-corrected chi connectivity index (χ2v) is 5.39. The molecular weight excluding hydrogens is 280 g/mol. The fourth-order valence-electron chi connectivity index (χ4n) is 2.15. The molecule has 0 spiro atoms. The van der Waals surface area contributed by atoms with Crippen LogP contribution in [0.15, 0.2) is 28.7 Å². The minimum atomic E-state index is -0.398. The average molecular weight is 299 g/mol. The van der Waals surface area contributed by atoms with Gasteiger partial charge in [-0.3, -0.25) is 4.90 Å². The van der Waals surface area contributed by atoms with Crippen LogP contribution in [0.5, 0.6) is 0 Å². The Morgan fingerprint density at radius 3 is 3.06 bits per heavy atom. The van der Waals surface area contributed by atoms with E-state index in [-0.39, 0.29) is 0 Å². The van der Waals surface area contributed by atoms with Gasteiger partial charge in [-0.2, -0.15) is 0 Å². The Morgan fingerprint density at radius 1 is 1.35 bits per heavy atom. The third kappa shape index (κ3) is 4.07. The van der Waals surface area contributed by atoms with Crippen LogP contribution in [0.1, 0.15) is 18.1 Å². The molecule has 1 saturated heterocycles. The number of aliphatic hydroxyl groups is 1. The highest BCUT2D eigenvalue weighted by atomic mass is 79.9. The topological polar surface area (TPSA) is 35.5 Å². The van der Waals surface area contributed by atoms with Crippen molar-refractivity contribution in [3.8, 4) is 0 Å². The summed E-state index contributed by atoms with van der Waals surface area (Å²) in [6, 6.07) is 7.91. The Kier molecular flexibility index (Phi) is 4.98. The lowest BCUT2D eigenvalue weighted by Gasteiger charge is -2.23. The third-order valence-electron chi connectivity index (χ3n) is 3.10. The number of nitrogens with one attached hydrogen (secondary N) is 1. The van der Waals surface area contributed by atoms with Gasteiger partial charge in [0.15, 0.2) is 0 Å². The molecule has 2 N–H and O–H groups in total. The van der Waals surface area contributed by atoms with Gasteiger partial charge in [0, 0.05) is 24.1 Å². The summed E-state index contributed by atoms with van der Waals surface area (Å²) in [7, 11) is 0. The lowest BCUT2D eigenvalue weighted by atomic mass is 10.1. The lowest BCUT2D eigenvalue weighted by molar-refractivity contribution is 0.117. The molecule has 1 aliphatic rings. The summed E-state index contributed by atoms with van der Waals surface area (Å²) >= 11 is 3.43. The van der Waals surface area contributed by atoms with Crippen molar-refractivity contribution in [2.45, 2.75) is 12.5 Å². The van der Waals surface area contributed by atoms with E-state index < -0.39 is 6.10 Å². The Labute approximate surface area is 111 Å². The number of β-amino-alcohol motifs (C(OH)–C–C–N with tert-alkyl or cyclic N) is 1. The normalized spacial score (nSPS) is 19.9. The molecule has 1 atom stereocenters. The molecule has 1 aromatic carbocycles. The Bertz CT molecular complexity index is 351. The molecule has 1 fully saturated rings. The number of benzene rings is 1. The highest BCUT2D eigenvalue weighted by molar-refractivity contribution is 9.10. The van der Waals surface area contributed by atoms with Gasteiger partial charge < -0.3 is 10.4 Å². The highest BCUT2D eigenvalue weighted by Gasteiger charge is 2.14. The van der Waals surface area contributed by atoms with Crippen molar-refractivity contribution in [3.63, 3.8) is 0 Å². The van der Waals surface area contributed by atoms with Crippen molar-refractivity contribution in [1.29, 1.82) is 0 Å². The van der Waals surface area contributed by atoms with E-state index >= 15 is 0 Å². The van der Waals surface area contributed by atoms with Crippen molar-refractivity contribution in [3.05, 3.63) is 34.3 Å². The third-order valence-corrected chi connectivity index (χ3v) is 3.59. The SMILES string of the molecule is OC(CN1CCCNCC1)c1cccc(Br)c1. The summed E-state index contributed by atoms with van der Waals surface area (Å²) in [6.07, 6.45) is 0.760. The molecule has 1 aliphatic heterocycles. The molecule has 2 rings (SSSR count). The average Bonchev–Trinajstić information content (AvgIpc) is 2.57. The first-order valence-electron chi connectivity index (χ1n) is 6.12. The molecule has 0 bridgehead atoms. The van der Waals surface area contributed by atoms with E-state index in [1.165, 1.54) is 0 Å². The molecule has 17 heavy (non-hydrogen) atoms. The molecule has 0 aromatic heterocycles. The molecule has 4 heteroatoms. The molecule has 1 aromatic rings. The molecule has 0 saturated carbocycles. The predicted molar refractivity (Wildman–Crippen MR) is 73.0 cm³/mol. The zero-order chi connectivity index (χ0) is 12.1. The van der Waals surface area contributed by atoms with Crippen molar-refractivity contribution >= 4 is 15.9 Å². The van der Waals surface area contributed by atoms with Crippen LogP contribution in [0.3, 0.4) is 0 Å². The summed E-state index contributed by atoms with van der Waals surface area (Å²) in [5, 5.41) is 13.6. The summed E-state index contributed by atoms with van der Waals surface area (Å²) < 4.78 is 1.02. The van der Waals surface area contributed by atoms with Crippen molar-refractivity contribution < 1.29 is 5.11 Å². The predicted octanol–water partition coefficient (Wildman–Crippen LogP) is 1.78.